The molecule has 1 aromatic carbocycles. The Balaban J connectivity index is 1.33. The number of anilines is 1. The first-order valence-electron chi connectivity index (χ1n) is 9.13. The van der Waals surface area contributed by atoms with Crippen molar-refractivity contribution in [2.75, 3.05) is 30.0 Å². The lowest BCUT2D eigenvalue weighted by molar-refractivity contribution is -0.123. The summed E-state index contributed by atoms with van der Waals surface area (Å²) in [4.78, 5) is 27.6. The Hall–Kier alpha value is -2.19. The van der Waals surface area contributed by atoms with Crippen molar-refractivity contribution in [3.8, 4) is 5.75 Å². The van der Waals surface area contributed by atoms with Gasteiger partial charge in [0.15, 0.2) is 6.61 Å². The Kier molecular flexibility index (Phi) is 8.05. The first-order valence-corrected chi connectivity index (χ1v) is 11.2. The molecule has 0 bridgehead atoms. The second kappa shape index (κ2) is 11.0. The topological polar surface area (TPSA) is 80.3 Å². The molecule has 2 N–H and O–H groups in total. The van der Waals surface area contributed by atoms with Crippen molar-refractivity contribution in [3.63, 3.8) is 0 Å². The fourth-order valence-electron chi connectivity index (χ4n) is 2.58. The second-order valence-electron chi connectivity index (χ2n) is 6.17. The van der Waals surface area contributed by atoms with Gasteiger partial charge in [-0.25, -0.2) is 0 Å². The summed E-state index contributed by atoms with van der Waals surface area (Å²) in [5.74, 6) is 2.64. The van der Waals surface area contributed by atoms with Crippen molar-refractivity contribution < 1.29 is 14.3 Å². The van der Waals surface area contributed by atoms with E-state index in [0.717, 1.165) is 0 Å². The highest BCUT2D eigenvalue weighted by atomic mass is 32.2. The Morgan fingerprint density at radius 3 is 2.61 bits per heavy atom. The number of thioether (sulfide) groups is 2. The number of ether oxygens (including phenoxy) is 1. The van der Waals surface area contributed by atoms with Crippen LogP contribution in [0.25, 0.3) is 0 Å². The molecular formula is C20H23N3O3S2. The predicted octanol–water partition coefficient (Wildman–Crippen LogP) is 3.47. The molecule has 6 nitrogen and oxygen atoms in total. The number of hydrogen-bond acceptors (Lipinski definition) is 6. The molecule has 2 aromatic rings. The highest BCUT2D eigenvalue weighted by Gasteiger charge is 2.16. The van der Waals surface area contributed by atoms with E-state index in [4.69, 9.17) is 4.74 Å². The van der Waals surface area contributed by atoms with E-state index in [1.807, 2.05) is 35.7 Å². The van der Waals surface area contributed by atoms with Gasteiger partial charge in [0.2, 0.25) is 5.91 Å². The van der Waals surface area contributed by atoms with Crippen molar-refractivity contribution in [1.82, 2.24) is 10.3 Å². The van der Waals surface area contributed by atoms with Gasteiger partial charge in [-0.15, -0.1) is 23.5 Å². The van der Waals surface area contributed by atoms with E-state index < -0.39 is 0 Å². The number of nitrogens with one attached hydrogen (secondary N) is 2. The van der Waals surface area contributed by atoms with Crippen LogP contribution in [0.2, 0.25) is 0 Å². The van der Waals surface area contributed by atoms with E-state index in [1.54, 1.807) is 24.5 Å². The summed E-state index contributed by atoms with van der Waals surface area (Å²) in [6.07, 6.45) is 4.66. The van der Waals surface area contributed by atoms with Crippen LogP contribution < -0.4 is 15.4 Å². The number of hydrogen-bond donors (Lipinski definition) is 2. The third kappa shape index (κ3) is 6.76. The van der Waals surface area contributed by atoms with Gasteiger partial charge in [-0.05, 0) is 47.8 Å². The Labute approximate surface area is 173 Å². The molecule has 0 aliphatic carbocycles. The number of carbonyl (C=O) groups excluding carboxylic acids is 2. The number of rotatable bonds is 8. The molecule has 28 heavy (non-hydrogen) atoms. The Morgan fingerprint density at radius 1 is 1.11 bits per heavy atom. The average molecular weight is 418 g/mol. The SMILES string of the molecule is O=C(COc1ccc(C2SCCCS2)cc1)NCCC(=O)Nc1cccnc1. The summed E-state index contributed by atoms with van der Waals surface area (Å²) >= 11 is 3.95. The molecule has 0 unspecified atom stereocenters. The molecule has 1 aliphatic rings. The summed E-state index contributed by atoms with van der Waals surface area (Å²) in [7, 11) is 0. The van der Waals surface area contributed by atoms with Gasteiger partial charge in [0.25, 0.3) is 5.91 Å². The lowest BCUT2D eigenvalue weighted by Gasteiger charge is -2.21. The summed E-state index contributed by atoms with van der Waals surface area (Å²) in [5, 5.41) is 5.40. The number of carbonyl (C=O) groups is 2. The molecule has 3 rings (SSSR count). The number of aromatic nitrogens is 1. The zero-order valence-corrected chi connectivity index (χ0v) is 17.1. The third-order valence-corrected chi connectivity index (χ3v) is 6.98. The highest BCUT2D eigenvalue weighted by molar-refractivity contribution is 8.16. The quantitative estimate of drug-likeness (QED) is 0.685. The Morgan fingerprint density at radius 2 is 1.89 bits per heavy atom. The fraction of sp³-hybridized carbons (Fsp3) is 0.350. The minimum absolute atomic E-state index is 0.0729. The van der Waals surface area contributed by atoms with Crippen LogP contribution in [0.4, 0.5) is 5.69 Å². The van der Waals surface area contributed by atoms with Gasteiger partial charge in [0.05, 0.1) is 16.5 Å². The zero-order chi connectivity index (χ0) is 19.6. The lowest BCUT2D eigenvalue weighted by Crippen LogP contribution is -2.31. The Bertz CT molecular complexity index is 766. The standard InChI is InChI=1S/C20H23N3O3S2/c24-18(23-16-3-1-9-21-13-16)8-10-22-19(25)14-26-17-6-4-15(5-7-17)20-27-11-2-12-28-20/h1,3-7,9,13,20H,2,8,10-12,14H2,(H,22,25)(H,23,24). The smallest absolute Gasteiger partial charge is 0.257 e. The second-order valence-corrected chi connectivity index (χ2v) is 8.90. The largest absolute Gasteiger partial charge is 0.484 e. The molecule has 2 amide bonds. The fourth-order valence-corrected chi connectivity index (χ4v) is 5.47. The molecule has 148 valence electrons. The maximum atomic E-state index is 11.9. The number of amides is 2. The molecule has 1 aliphatic heterocycles. The van der Waals surface area contributed by atoms with E-state index in [-0.39, 0.29) is 31.4 Å². The van der Waals surface area contributed by atoms with Gasteiger partial charge in [-0.2, -0.15) is 0 Å². The van der Waals surface area contributed by atoms with Crippen LogP contribution in [0.1, 0.15) is 23.0 Å². The monoisotopic (exact) mass is 417 g/mol. The maximum absolute atomic E-state index is 11.9. The summed E-state index contributed by atoms with van der Waals surface area (Å²) < 4.78 is 6.02. The first kappa shape index (κ1) is 20.5. The van der Waals surface area contributed by atoms with Crippen molar-refractivity contribution in [3.05, 3.63) is 54.4 Å². The summed E-state index contributed by atoms with van der Waals surface area (Å²) in [6.45, 7) is 0.180. The first-order chi connectivity index (χ1) is 13.7. The van der Waals surface area contributed by atoms with Gasteiger partial charge in [-0.1, -0.05) is 12.1 Å². The van der Waals surface area contributed by atoms with Crippen LogP contribution in [0.3, 0.4) is 0 Å². The van der Waals surface area contributed by atoms with Crippen LogP contribution in [-0.2, 0) is 9.59 Å². The van der Waals surface area contributed by atoms with Crippen molar-refractivity contribution in [1.29, 1.82) is 0 Å². The molecule has 1 saturated heterocycles. The molecule has 0 saturated carbocycles. The lowest BCUT2D eigenvalue weighted by atomic mass is 10.2. The molecule has 1 aromatic heterocycles. The third-order valence-electron chi connectivity index (χ3n) is 3.97. The summed E-state index contributed by atoms with van der Waals surface area (Å²) in [5.41, 5.74) is 1.92. The van der Waals surface area contributed by atoms with Crippen molar-refractivity contribution in [2.45, 2.75) is 17.4 Å². The van der Waals surface area contributed by atoms with Crippen LogP contribution in [0.15, 0.2) is 48.8 Å². The van der Waals surface area contributed by atoms with Gasteiger partial charge >= 0.3 is 0 Å². The van der Waals surface area contributed by atoms with E-state index >= 15 is 0 Å². The van der Waals surface area contributed by atoms with Crippen molar-refractivity contribution in [2.24, 2.45) is 0 Å². The minimum Gasteiger partial charge on any atom is -0.484 e. The maximum Gasteiger partial charge on any atom is 0.257 e. The molecule has 2 heterocycles. The molecule has 0 atom stereocenters. The molecular weight excluding hydrogens is 394 g/mol. The van der Waals surface area contributed by atoms with Crippen LogP contribution in [-0.4, -0.2) is 41.5 Å². The highest BCUT2D eigenvalue weighted by Crippen LogP contribution is 2.43. The van der Waals surface area contributed by atoms with E-state index in [2.05, 4.69) is 27.8 Å². The molecule has 0 spiro atoms. The molecule has 1 fully saturated rings. The van der Waals surface area contributed by atoms with E-state index in [0.29, 0.717) is 16.0 Å². The number of pyridine rings is 1. The average Bonchev–Trinajstić information content (AvgIpc) is 2.74. The van der Waals surface area contributed by atoms with Crippen molar-refractivity contribution >= 4 is 41.0 Å². The number of nitrogens with zero attached hydrogens (tertiary/aromatic N) is 1. The predicted molar refractivity (Wildman–Crippen MR) is 115 cm³/mol. The van der Waals surface area contributed by atoms with E-state index in [1.165, 1.54) is 23.5 Å². The number of benzene rings is 1. The van der Waals surface area contributed by atoms with Gasteiger partial charge in [0.1, 0.15) is 5.75 Å². The minimum atomic E-state index is -0.253. The molecule has 8 heteroatoms. The molecule has 0 radical (unpaired) electrons. The summed E-state index contributed by atoms with van der Waals surface area (Å²) in [6, 6.07) is 11.4. The van der Waals surface area contributed by atoms with Crippen LogP contribution in [0.5, 0.6) is 5.75 Å². The normalized spacial score (nSPS) is 14.3. The van der Waals surface area contributed by atoms with E-state index in [9.17, 15) is 9.59 Å². The van der Waals surface area contributed by atoms with Crippen LogP contribution >= 0.6 is 23.5 Å². The van der Waals surface area contributed by atoms with Crippen LogP contribution in [0, 0.1) is 0 Å². The van der Waals surface area contributed by atoms with Gasteiger partial charge < -0.3 is 15.4 Å². The van der Waals surface area contributed by atoms with Gasteiger partial charge in [0, 0.05) is 19.2 Å². The zero-order valence-electron chi connectivity index (χ0n) is 15.4. The van der Waals surface area contributed by atoms with Gasteiger partial charge in [-0.3, -0.25) is 14.6 Å².